The van der Waals surface area contributed by atoms with Crippen LogP contribution in [0.2, 0.25) is 0 Å². The van der Waals surface area contributed by atoms with E-state index in [0.29, 0.717) is 5.92 Å². The van der Waals surface area contributed by atoms with Crippen LogP contribution in [-0.2, 0) is 16.5 Å². The topological polar surface area (TPSA) is 57.2 Å². The maximum Gasteiger partial charge on any atom is 1.00 e. The minimum absolute atomic E-state index is 0. The molecule has 0 amide bonds. The van der Waals surface area contributed by atoms with E-state index in [1.54, 1.807) is 12.1 Å². The van der Waals surface area contributed by atoms with Crippen LogP contribution < -0.4 is 29.6 Å². The fourth-order valence-corrected chi connectivity index (χ4v) is 4.03. The third-order valence-corrected chi connectivity index (χ3v) is 6.01. The minimum atomic E-state index is -4.34. The largest absolute Gasteiger partial charge is 1.00 e. The summed E-state index contributed by atoms with van der Waals surface area (Å²) in [6.07, 6.45) is 10.7. The van der Waals surface area contributed by atoms with E-state index in [1.165, 1.54) is 62.6 Å². The Labute approximate surface area is 193 Å². The van der Waals surface area contributed by atoms with Crippen molar-refractivity contribution in [3.63, 3.8) is 0 Å². The molecule has 0 fully saturated rings. The fraction of sp³-hybridized carbons (Fsp3) is 0.478. The van der Waals surface area contributed by atoms with Gasteiger partial charge in [0, 0.05) is 0 Å². The fourth-order valence-electron chi connectivity index (χ4n) is 3.56. The molecule has 0 bridgehead atoms. The molecule has 2 aromatic carbocycles. The molecule has 0 N–H and O–H groups in total. The average Bonchev–Trinajstić information content (AvgIpc) is 2.67. The SMILES string of the molecule is CCCCCC(CCCCCc1ccc(S(=O)(=O)[O-])cc1)c1ccccc1.[Na+]. The molecule has 1 unspecified atom stereocenters. The third kappa shape index (κ3) is 9.23. The molecule has 0 spiro atoms. The van der Waals surface area contributed by atoms with E-state index in [-0.39, 0.29) is 34.5 Å². The Morgan fingerprint density at radius 3 is 2.00 bits per heavy atom. The van der Waals surface area contributed by atoms with Gasteiger partial charge in [-0.05, 0) is 54.9 Å². The number of unbranched alkanes of at least 4 members (excludes halogenated alkanes) is 4. The molecule has 0 aliphatic heterocycles. The molecule has 148 valence electrons. The summed E-state index contributed by atoms with van der Waals surface area (Å²) in [6.45, 7) is 2.25. The second-order valence-electron chi connectivity index (χ2n) is 7.30. The Balaban J connectivity index is 0.00000392. The van der Waals surface area contributed by atoms with Crippen LogP contribution in [0.4, 0.5) is 0 Å². The summed E-state index contributed by atoms with van der Waals surface area (Å²) in [5.74, 6) is 0.652. The quantitative estimate of drug-likeness (QED) is 0.307. The van der Waals surface area contributed by atoms with Crippen LogP contribution in [-0.4, -0.2) is 13.0 Å². The molecule has 0 aliphatic carbocycles. The Bertz CT molecular complexity index is 758. The Hall–Kier alpha value is -0.650. The summed E-state index contributed by atoms with van der Waals surface area (Å²) in [4.78, 5) is -0.149. The van der Waals surface area contributed by atoms with E-state index >= 15 is 0 Å². The van der Waals surface area contributed by atoms with Gasteiger partial charge in [0.15, 0.2) is 0 Å². The predicted octanol–water partition coefficient (Wildman–Crippen LogP) is 3.06. The van der Waals surface area contributed by atoms with Crippen molar-refractivity contribution in [1.29, 1.82) is 0 Å². The molecule has 5 heteroatoms. The monoisotopic (exact) mass is 410 g/mol. The maximum absolute atomic E-state index is 11.0. The van der Waals surface area contributed by atoms with Crippen molar-refractivity contribution in [1.82, 2.24) is 0 Å². The normalized spacial score (nSPS) is 12.4. The zero-order chi connectivity index (χ0) is 19.5. The first kappa shape index (κ1) is 25.4. The zero-order valence-corrected chi connectivity index (χ0v) is 20.1. The predicted molar refractivity (Wildman–Crippen MR) is 110 cm³/mol. The number of hydrogen-bond acceptors (Lipinski definition) is 3. The molecule has 0 aromatic heterocycles. The van der Waals surface area contributed by atoms with E-state index in [1.807, 2.05) is 0 Å². The van der Waals surface area contributed by atoms with Gasteiger partial charge < -0.3 is 4.55 Å². The average molecular weight is 411 g/mol. The van der Waals surface area contributed by atoms with Crippen LogP contribution in [0.15, 0.2) is 59.5 Å². The molecule has 0 heterocycles. The molecule has 2 aromatic rings. The van der Waals surface area contributed by atoms with Gasteiger partial charge in [-0.25, -0.2) is 8.42 Å². The molecule has 3 nitrogen and oxygen atoms in total. The van der Waals surface area contributed by atoms with Gasteiger partial charge in [0.05, 0.1) is 4.90 Å². The molecule has 0 aliphatic rings. The van der Waals surface area contributed by atoms with Gasteiger partial charge in [0.1, 0.15) is 10.1 Å². The van der Waals surface area contributed by atoms with Gasteiger partial charge in [-0.2, -0.15) is 0 Å². The van der Waals surface area contributed by atoms with E-state index in [0.717, 1.165) is 18.4 Å². The van der Waals surface area contributed by atoms with Crippen LogP contribution in [0.25, 0.3) is 0 Å². The number of aryl methyl sites for hydroxylation is 1. The van der Waals surface area contributed by atoms with Crippen LogP contribution in [0.3, 0.4) is 0 Å². The Morgan fingerprint density at radius 2 is 1.43 bits per heavy atom. The first-order valence-electron chi connectivity index (χ1n) is 10.1. The van der Waals surface area contributed by atoms with Crippen molar-refractivity contribution in [2.24, 2.45) is 0 Å². The molecule has 2 rings (SSSR count). The molecule has 0 saturated heterocycles. The standard InChI is InChI=1S/C23H32O3S.Na/c1-2-3-6-12-21(22-14-9-5-10-15-22)13-8-4-7-11-20-16-18-23(19-17-20)27(24,25)26;/h5,9-10,14-19,21H,2-4,6-8,11-13H2,1H3,(H,24,25,26);/q;+1/p-1. The summed E-state index contributed by atoms with van der Waals surface area (Å²) >= 11 is 0. The van der Waals surface area contributed by atoms with Crippen molar-refractivity contribution in [2.45, 2.75) is 75.5 Å². The van der Waals surface area contributed by atoms with Crippen molar-refractivity contribution >= 4 is 10.1 Å². The van der Waals surface area contributed by atoms with Gasteiger partial charge in [-0.3, -0.25) is 0 Å². The number of rotatable bonds is 12. The van der Waals surface area contributed by atoms with Crippen LogP contribution in [0.5, 0.6) is 0 Å². The van der Waals surface area contributed by atoms with E-state index in [4.69, 9.17) is 0 Å². The maximum atomic E-state index is 11.0. The summed E-state index contributed by atoms with van der Waals surface area (Å²) in [6, 6.07) is 17.2. The van der Waals surface area contributed by atoms with Gasteiger partial charge >= 0.3 is 29.6 Å². The van der Waals surface area contributed by atoms with Crippen LogP contribution >= 0.6 is 0 Å². The van der Waals surface area contributed by atoms with Gasteiger partial charge in [-0.1, -0.05) is 81.5 Å². The van der Waals surface area contributed by atoms with E-state index in [9.17, 15) is 13.0 Å². The number of hydrogen-bond donors (Lipinski definition) is 0. The first-order valence-corrected chi connectivity index (χ1v) is 11.5. The zero-order valence-electron chi connectivity index (χ0n) is 17.3. The van der Waals surface area contributed by atoms with Gasteiger partial charge in [0.2, 0.25) is 0 Å². The minimum Gasteiger partial charge on any atom is -0.744 e. The van der Waals surface area contributed by atoms with Gasteiger partial charge in [-0.15, -0.1) is 0 Å². The second-order valence-corrected chi connectivity index (χ2v) is 8.68. The molecular formula is C23H31NaO3S. The summed E-state index contributed by atoms with van der Waals surface area (Å²) in [7, 11) is -4.34. The van der Waals surface area contributed by atoms with Crippen molar-refractivity contribution in [3.05, 3.63) is 65.7 Å². The Morgan fingerprint density at radius 1 is 0.821 bits per heavy atom. The molecule has 0 saturated carbocycles. The smallest absolute Gasteiger partial charge is 0.744 e. The molecular weight excluding hydrogens is 379 g/mol. The van der Waals surface area contributed by atoms with E-state index < -0.39 is 10.1 Å². The van der Waals surface area contributed by atoms with Crippen molar-refractivity contribution in [2.75, 3.05) is 0 Å². The van der Waals surface area contributed by atoms with Crippen LogP contribution in [0.1, 0.15) is 75.3 Å². The molecule has 0 radical (unpaired) electrons. The molecule has 1 atom stereocenters. The van der Waals surface area contributed by atoms with E-state index in [2.05, 4.69) is 37.3 Å². The van der Waals surface area contributed by atoms with Gasteiger partial charge in [0.25, 0.3) is 0 Å². The summed E-state index contributed by atoms with van der Waals surface area (Å²) in [5, 5.41) is 0. The number of benzene rings is 2. The van der Waals surface area contributed by atoms with Crippen molar-refractivity contribution in [3.8, 4) is 0 Å². The van der Waals surface area contributed by atoms with Crippen molar-refractivity contribution < 1.29 is 42.5 Å². The summed E-state index contributed by atoms with van der Waals surface area (Å²) in [5.41, 5.74) is 2.55. The summed E-state index contributed by atoms with van der Waals surface area (Å²) < 4.78 is 32.9. The van der Waals surface area contributed by atoms with Crippen LogP contribution in [0, 0.1) is 0 Å². The first-order chi connectivity index (χ1) is 13.0. The molecule has 28 heavy (non-hydrogen) atoms. The second kappa shape index (κ2) is 13.6. The third-order valence-electron chi connectivity index (χ3n) is 5.16. The Kier molecular flexibility index (Phi) is 12.3.